The molecule has 1 amide bonds. The monoisotopic (exact) mass is 377 g/mol. The SMILES string of the molecule is CCOc1ccc(O[C@H](C)C(=O)NNC(=S)Nc2ccccc2F)cc1. The van der Waals surface area contributed by atoms with Crippen molar-refractivity contribution in [3.05, 3.63) is 54.3 Å². The molecule has 0 spiro atoms. The van der Waals surface area contributed by atoms with Crippen molar-refractivity contribution < 1.29 is 18.7 Å². The lowest BCUT2D eigenvalue weighted by Crippen LogP contribution is -2.48. The summed E-state index contributed by atoms with van der Waals surface area (Å²) in [5.74, 6) is 0.373. The van der Waals surface area contributed by atoms with Crippen molar-refractivity contribution in [1.82, 2.24) is 10.9 Å². The van der Waals surface area contributed by atoms with Crippen molar-refractivity contribution in [3.8, 4) is 11.5 Å². The molecule has 0 aliphatic rings. The lowest BCUT2D eigenvalue weighted by atomic mass is 10.3. The van der Waals surface area contributed by atoms with E-state index in [1.165, 1.54) is 12.1 Å². The number of thiocarbonyl (C=S) groups is 1. The summed E-state index contributed by atoms with van der Waals surface area (Å²) in [7, 11) is 0. The van der Waals surface area contributed by atoms with Gasteiger partial charge in [0, 0.05) is 0 Å². The van der Waals surface area contributed by atoms with Crippen LogP contribution in [0.15, 0.2) is 48.5 Å². The van der Waals surface area contributed by atoms with Gasteiger partial charge in [-0.3, -0.25) is 15.6 Å². The van der Waals surface area contributed by atoms with Gasteiger partial charge in [-0.05, 0) is 62.5 Å². The zero-order chi connectivity index (χ0) is 18.9. The number of nitrogens with one attached hydrogen (secondary N) is 3. The second kappa shape index (κ2) is 9.57. The third-order valence-corrected chi connectivity index (χ3v) is 3.44. The first-order valence-electron chi connectivity index (χ1n) is 8.00. The molecular weight excluding hydrogens is 357 g/mol. The number of benzene rings is 2. The molecule has 2 rings (SSSR count). The van der Waals surface area contributed by atoms with Gasteiger partial charge in [-0.15, -0.1) is 0 Å². The number of anilines is 1. The zero-order valence-corrected chi connectivity index (χ0v) is 15.2. The molecule has 1 atom stereocenters. The highest BCUT2D eigenvalue weighted by molar-refractivity contribution is 7.80. The number of carbonyl (C=O) groups is 1. The van der Waals surface area contributed by atoms with Gasteiger partial charge in [0.05, 0.1) is 12.3 Å². The van der Waals surface area contributed by atoms with Gasteiger partial charge in [0.15, 0.2) is 11.2 Å². The Hall–Kier alpha value is -2.87. The maximum absolute atomic E-state index is 13.5. The van der Waals surface area contributed by atoms with Crippen LogP contribution in [0.4, 0.5) is 10.1 Å². The van der Waals surface area contributed by atoms with Crippen LogP contribution in [0.25, 0.3) is 0 Å². The molecule has 0 saturated heterocycles. The largest absolute Gasteiger partial charge is 0.494 e. The number of ether oxygens (including phenoxy) is 2. The van der Waals surface area contributed by atoms with Crippen LogP contribution in [0.3, 0.4) is 0 Å². The molecule has 138 valence electrons. The van der Waals surface area contributed by atoms with E-state index in [0.717, 1.165) is 5.75 Å². The zero-order valence-electron chi connectivity index (χ0n) is 14.4. The van der Waals surface area contributed by atoms with Crippen LogP contribution in [0.1, 0.15) is 13.8 Å². The molecular formula is C18H20FN3O3S. The number of hydrazine groups is 1. The second-order valence-corrected chi connectivity index (χ2v) is 5.62. The molecule has 0 aromatic heterocycles. The average molecular weight is 377 g/mol. The summed E-state index contributed by atoms with van der Waals surface area (Å²) in [6.45, 7) is 4.07. The van der Waals surface area contributed by atoms with E-state index < -0.39 is 17.8 Å². The third-order valence-electron chi connectivity index (χ3n) is 3.24. The minimum Gasteiger partial charge on any atom is -0.494 e. The minimum atomic E-state index is -0.767. The highest BCUT2D eigenvalue weighted by Crippen LogP contribution is 2.18. The molecule has 0 saturated carbocycles. The summed E-state index contributed by atoms with van der Waals surface area (Å²) >= 11 is 5.01. The lowest BCUT2D eigenvalue weighted by Gasteiger charge is -2.17. The summed E-state index contributed by atoms with van der Waals surface area (Å²) in [5.41, 5.74) is 5.12. The van der Waals surface area contributed by atoms with Crippen molar-refractivity contribution >= 4 is 28.9 Å². The predicted molar refractivity (Wildman–Crippen MR) is 102 cm³/mol. The molecule has 6 nitrogen and oxygen atoms in total. The van der Waals surface area contributed by atoms with E-state index in [4.69, 9.17) is 21.7 Å². The summed E-state index contributed by atoms with van der Waals surface area (Å²) in [6.07, 6.45) is -0.767. The number of halogens is 1. The van der Waals surface area contributed by atoms with Crippen molar-refractivity contribution in [2.45, 2.75) is 20.0 Å². The van der Waals surface area contributed by atoms with E-state index in [-0.39, 0.29) is 10.8 Å². The molecule has 3 N–H and O–H groups in total. The third kappa shape index (κ3) is 5.89. The smallest absolute Gasteiger partial charge is 0.279 e. The van der Waals surface area contributed by atoms with E-state index in [0.29, 0.717) is 12.4 Å². The maximum Gasteiger partial charge on any atom is 0.279 e. The maximum atomic E-state index is 13.5. The summed E-state index contributed by atoms with van der Waals surface area (Å²) in [4.78, 5) is 12.1. The van der Waals surface area contributed by atoms with Gasteiger partial charge in [0.2, 0.25) is 0 Å². The predicted octanol–water partition coefficient (Wildman–Crippen LogP) is 3.01. The Kier molecular flexibility index (Phi) is 7.16. The fourth-order valence-corrected chi connectivity index (χ4v) is 2.14. The van der Waals surface area contributed by atoms with Gasteiger partial charge < -0.3 is 14.8 Å². The topological polar surface area (TPSA) is 71.6 Å². The van der Waals surface area contributed by atoms with Crippen LogP contribution in [-0.4, -0.2) is 23.7 Å². The molecule has 26 heavy (non-hydrogen) atoms. The summed E-state index contributed by atoms with van der Waals surface area (Å²) in [6, 6.07) is 13.0. The van der Waals surface area contributed by atoms with Gasteiger partial charge in [0.25, 0.3) is 5.91 Å². The Morgan fingerprint density at radius 1 is 1.12 bits per heavy atom. The Bertz CT molecular complexity index is 756. The first-order chi connectivity index (χ1) is 12.5. The van der Waals surface area contributed by atoms with Crippen molar-refractivity contribution in [3.63, 3.8) is 0 Å². The molecule has 2 aromatic carbocycles. The number of carbonyl (C=O) groups excluding carboxylic acids is 1. The normalized spacial score (nSPS) is 11.2. The van der Waals surface area contributed by atoms with Gasteiger partial charge in [-0.2, -0.15) is 0 Å². The Labute approximate surface area is 156 Å². The van der Waals surface area contributed by atoms with Gasteiger partial charge in [-0.25, -0.2) is 4.39 Å². The van der Waals surface area contributed by atoms with Crippen LogP contribution >= 0.6 is 12.2 Å². The van der Waals surface area contributed by atoms with Crippen LogP contribution < -0.4 is 25.6 Å². The standard InChI is InChI=1S/C18H20FN3O3S/c1-3-24-13-8-10-14(11-9-13)25-12(2)17(23)21-22-18(26)20-16-7-5-4-6-15(16)19/h4-12H,3H2,1-2H3,(H,21,23)(H2,20,22,26)/t12-/m1/s1. The fraction of sp³-hybridized carbons (Fsp3) is 0.222. The van der Waals surface area contributed by atoms with Gasteiger partial charge in [-0.1, -0.05) is 12.1 Å². The molecule has 0 aliphatic carbocycles. The average Bonchev–Trinajstić information content (AvgIpc) is 2.63. The number of rotatable bonds is 6. The molecule has 2 aromatic rings. The van der Waals surface area contributed by atoms with Crippen LogP contribution in [0.2, 0.25) is 0 Å². The Balaban J connectivity index is 1.79. The van der Waals surface area contributed by atoms with Crippen molar-refractivity contribution in [1.29, 1.82) is 0 Å². The lowest BCUT2D eigenvalue weighted by molar-refractivity contribution is -0.127. The summed E-state index contributed by atoms with van der Waals surface area (Å²) in [5, 5.41) is 2.70. The molecule has 8 heteroatoms. The van der Waals surface area contributed by atoms with Crippen LogP contribution in [0, 0.1) is 5.82 Å². The number of hydrogen-bond donors (Lipinski definition) is 3. The molecule has 0 radical (unpaired) electrons. The molecule has 0 fully saturated rings. The highest BCUT2D eigenvalue weighted by atomic mass is 32.1. The minimum absolute atomic E-state index is 0.0525. The number of amides is 1. The van der Waals surface area contributed by atoms with Crippen LogP contribution in [0.5, 0.6) is 11.5 Å². The van der Waals surface area contributed by atoms with E-state index in [1.54, 1.807) is 43.3 Å². The first-order valence-corrected chi connectivity index (χ1v) is 8.41. The second-order valence-electron chi connectivity index (χ2n) is 5.21. The van der Waals surface area contributed by atoms with Crippen molar-refractivity contribution in [2.75, 3.05) is 11.9 Å². The van der Waals surface area contributed by atoms with E-state index in [2.05, 4.69) is 16.2 Å². The molecule has 0 aliphatic heterocycles. The Morgan fingerprint density at radius 2 is 1.77 bits per heavy atom. The number of hydrogen-bond acceptors (Lipinski definition) is 4. The molecule has 0 heterocycles. The van der Waals surface area contributed by atoms with E-state index >= 15 is 0 Å². The Morgan fingerprint density at radius 3 is 2.42 bits per heavy atom. The van der Waals surface area contributed by atoms with Crippen molar-refractivity contribution in [2.24, 2.45) is 0 Å². The first kappa shape index (κ1) is 19.5. The molecule has 0 bridgehead atoms. The van der Waals surface area contributed by atoms with E-state index in [1.807, 2.05) is 6.92 Å². The van der Waals surface area contributed by atoms with Gasteiger partial charge in [0.1, 0.15) is 17.3 Å². The highest BCUT2D eigenvalue weighted by Gasteiger charge is 2.15. The number of para-hydroxylation sites is 1. The van der Waals surface area contributed by atoms with Crippen LogP contribution in [-0.2, 0) is 4.79 Å². The van der Waals surface area contributed by atoms with E-state index in [9.17, 15) is 9.18 Å². The fourth-order valence-electron chi connectivity index (χ4n) is 1.97. The molecule has 0 unspecified atom stereocenters. The summed E-state index contributed by atoms with van der Waals surface area (Å²) < 4.78 is 24.4. The van der Waals surface area contributed by atoms with Gasteiger partial charge >= 0.3 is 0 Å². The quantitative estimate of drug-likeness (QED) is 0.531.